The molecular weight excluding hydrogens is 482 g/mol. The van der Waals surface area contributed by atoms with Crippen molar-refractivity contribution in [3.63, 3.8) is 0 Å². The molecule has 5 rings (SSSR count). The van der Waals surface area contributed by atoms with Gasteiger partial charge in [-0.05, 0) is 82.2 Å². The van der Waals surface area contributed by atoms with E-state index in [0.717, 1.165) is 33.2 Å². The van der Waals surface area contributed by atoms with Crippen molar-refractivity contribution in [3.8, 4) is 11.5 Å². The average Bonchev–Trinajstić information content (AvgIpc) is 3.15. The van der Waals surface area contributed by atoms with Gasteiger partial charge in [-0.3, -0.25) is 9.59 Å². The molecule has 2 amide bonds. The van der Waals surface area contributed by atoms with E-state index in [2.05, 4.69) is 24.3 Å². The summed E-state index contributed by atoms with van der Waals surface area (Å²) in [5, 5.41) is 2.51. The molecule has 4 aromatic rings. The minimum absolute atomic E-state index is 0.330. The van der Waals surface area contributed by atoms with Crippen LogP contribution in [0.5, 0.6) is 11.5 Å². The van der Waals surface area contributed by atoms with Crippen molar-refractivity contribution in [2.75, 3.05) is 12.0 Å². The van der Waals surface area contributed by atoms with Crippen LogP contribution in [0.15, 0.2) is 89.8 Å². The van der Waals surface area contributed by atoms with Gasteiger partial charge < -0.3 is 9.47 Å². The Hall–Kier alpha value is -3.74. The zero-order valence-corrected chi connectivity index (χ0v) is 20.3. The van der Waals surface area contributed by atoms with E-state index < -0.39 is 0 Å². The topological polar surface area (TPSA) is 55.8 Å². The predicted octanol–water partition coefficient (Wildman–Crippen LogP) is 7.32. The van der Waals surface area contributed by atoms with Crippen LogP contribution in [0.1, 0.15) is 11.1 Å². The van der Waals surface area contributed by atoms with Crippen LogP contribution in [0.2, 0.25) is 5.02 Å². The van der Waals surface area contributed by atoms with E-state index in [1.54, 1.807) is 49.6 Å². The highest BCUT2D eigenvalue weighted by Crippen LogP contribution is 2.37. The Balaban J connectivity index is 1.33. The lowest BCUT2D eigenvalue weighted by atomic mass is 10.1. The molecule has 174 valence electrons. The van der Waals surface area contributed by atoms with Gasteiger partial charge in [0, 0.05) is 5.02 Å². The molecule has 4 aromatic carbocycles. The van der Waals surface area contributed by atoms with E-state index in [-0.39, 0.29) is 11.1 Å². The van der Waals surface area contributed by atoms with Crippen molar-refractivity contribution < 1.29 is 19.1 Å². The van der Waals surface area contributed by atoms with Crippen LogP contribution in [-0.4, -0.2) is 18.3 Å². The maximum atomic E-state index is 12.9. The Bertz CT molecular complexity index is 1470. The van der Waals surface area contributed by atoms with Crippen LogP contribution in [-0.2, 0) is 11.4 Å². The zero-order chi connectivity index (χ0) is 24.4. The Morgan fingerprint density at radius 2 is 1.66 bits per heavy atom. The molecule has 1 fully saturated rings. The van der Waals surface area contributed by atoms with Gasteiger partial charge in [-0.15, -0.1) is 0 Å². The van der Waals surface area contributed by atoms with Crippen molar-refractivity contribution in [1.29, 1.82) is 0 Å². The summed E-state index contributed by atoms with van der Waals surface area (Å²) in [4.78, 5) is 26.9. The number of carbonyl (C=O) groups excluding carboxylic acids is 2. The minimum atomic E-state index is -0.377. The van der Waals surface area contributed by atoms with E-state index in [9.17, 15) is 9.59 Å². The van der Waals surface area contributed by atoms with Gasteiger partial charge in [0.15, 0.2) is 11.5 Å². The third-order valence-electron chi connectivity index (χ3n) is 5.57. The Morgan fingerprint density at radius 1 is 0.886 bits per heavy atom. The molecule has 0 aliphatic carbocycles. The standard InChI is InChI=1S/C28H20ClNO4S/c1-33-25-15-18(16-26-27(31)30(28(32)35-26)23-11-9-22(29)10-12-23)7-13-24(25)34-17-19-6-8-20-4-2-3-5-21(20)14-19/h2-16H,17H2,1H3/b26-16+. The van der Waals surface area contributed by atoms with Crippen LogP contribution in [0.3, 0.4) is 0 Å². The largest absolute Gasteiger partial charge is 0.493 e. The molecule has 1 aliphatic rings. The molecule has 0 N–H and O–H groups in total. The summed E-state index contributed by atoms with van der Waals surface area (Å²) in [7, 11) is 1.57. The molecule has 0 bridgehead atoms. The van der Waals surface area contributed by atoms with Crippen molar-refractivity contribution in [2.24, 2.45) is 0 Å². The van der Waals surface area contributed by atoms with Gasteiger partial charge in [0.2, 0.25) is 0 Å². The van der Waals surface area contributed by atoms with E-state index in [1.165, 1.54) is 5.39 Å². The number of halogens is 1. The second-order valence-electron chi connectivity index (χ2n) is 7.87. The average molecular weight is 502 g/mol. The highest BCUT2D eigenvalue weighted by molar-refractivity contribution is 8.19. The number of nitrogens with zero attached hydrogens (tertiary/aromatic N) is 1. The maximum absolute atomic E-state index is 12.9. The summed E-state index contributed by atoms with van der Waals surface area (Å²) in [6, 6.07) is 26.4. The number of imide groups is 1. The molecule has 1 aliphatic heterocycles. The quantitative estimate of drug-likeness (QED) is 0.259. The second kappa shape index (κ2) is 9.86. The fourth-order valence-corrected chi connectivity index (χ4v) is 4.78. The summed E-state index contributed by atoms with van der Waals surface area (Å²) in [5.74, 6) is 0.751. The van der Waals surface area contributed by atoms with Gasteiger partial charge in [0.25, 0.3) is 11.1 Å². The number of hydrogen-bond donors (Lipinski definition) is 0. The van der Waals surface area contributed by atoms with Gasteiger partial charge in [-0.2, -0.15) is 0 Å². The molecule has 0 atom stereocenters. The lowest BCUT2D eigenvalue weighted by Gasteiger charge is -2.13. The first-order valence-corrected chi connectivity index (χ1v) is 12.0. The number of rotatable bonds is 6. The van der Waals surface area contributed by atoms with Crippen LogP contribution < -0.4 is 14.4 Å². The summed E-state index contributed by atoms with van der Waals surface area (Å²) in [5.41, 5.74) is 2.25. The minimum Gasteiger partial charge on any atom is -0.493 e. The molecule has 1 saturated heterocycles. The van der Waals surface area contributed by atoms with Crippen molar-refractivity contribution in [3.05, 3.63) is 106 Å². The van der Waals surface area contributed by atoms with E-state index in [4.69, 9.17) is 21.1 Å². The number of anilines is 1. The number of hydrogen-bond acceptors (Lipinski definition) is 5. The normalized spacial score (nSPS) is 14.7. The van der Waals surface area contributed by atoms with Crippen LogP contribution in [0, 0.1) is 0 Å². The van der Waals surface area contributed by atoms with Crippen molar-refractivity contribution in [1.82, 2.24) is 0 Å². The molecule has 7 heteroatoms. The van der Waals surface area contributed by atoms with Crippen molar-refractivity contribution in [2.45, 2.75) is 6.61 Å². The van der Waals surface area contributed by atoms with Gasteiger partial charge in [-0.25, -0.2) is 4.90 Å². The third kappa shape index (κ3) is 4.90. The number of thioether (sulfide) groups is 1. The Labute approximate surface area is 211 Å². The monoisotopic (exact) mass is 501 g/mol. The number of methoxy groups -OCH3 is 1. The first kappa shape index (κ1) is 23.0. The molecule has 0 radical (unpaired) electrons. The molecule has 0 aromatic heterocycles. The molecule has 5 nitrogen and oxygen atoms in total. The highest BCUT2D eigenvalue weighted by atomic mass is 35.5. The Morgan fingerprint density at radius 3 is 2.43 bits per heavy atom. The predicted molar refractivity (Wildman–Crippen MR) is 141 cm³/mol. The molecule has 1 heterocycles. The van der Waals surface area contributed by atoms with E-state index in [0.29, 0.717) is 33.7 Å². The summed E-state index contributed by atoms with van der Waals surface area (Å²) in [6.07, 6.45) is 1.68. The zero-order valence-electron chi connectivity index (χ0n) is 18.7. The summed E-state index contributed by atoms with van der Waals surface area (Å²) in [6.45, 7) is 0.389. The summed E-state index contributed by atoms with van der Waals surface area (Å²) < 4.78 is 11.5. The number of amides is 2. The van der Waals surface area contributed by atoms with E-state index >= 15 is 0 Å². The fourth-order valence-electron chi connectivity index (χ4n) is 3.81. The molecule has 0 saturated carbocycles. The molecular formula is C28H20ClNO4S. The molecule has 35 heavy (non-hydrogen) atoms. The van der Waals surface area contributed by atoms with Crippen LogP contribution >= 0.6 is 23.4 Å². The summed E-state index contributed by atoms with van der Waals surface area (Å²) >= 11 is 6.82. The lowest BCUT2D eigenvalue weighted by Crippen LogP contribution is -2.27. The highest BCUT2D eigenvalue weighted by Gasteiger charge is 2.36. The first-order valence-electron chi connectivity index (χ1n) is 10.8. The lowest BCUT2D eigenvalue weighted by molar-refractivity contribution is -0.113. The molecule has 0 unspecified atom stereocenters. The number of fused-ring (bicyclic) bond motifs is 1. The van der Waals surface area contributed by atoms with Crippen LogP contribution in [0.4, 0.5) is 10.5 Å². The number of carbonyl (C=O) groups is 2. The van der Waals surface area contributed by atoms with E-state index in [1.807, 2.05) is 24.3 Å². The second-order valence-corrected chi connectivity index (χ2v) is 9.30. The SMILES string of the molecule is COc1cc(/C=C2/SC(=O)N(c3ccc(Cl)cc3)C2=O)ccc1OCc1ccc2ccccc2c1. The number of benzene rings is 4. The fraction of sp³-hybridized carbons (Fsp3) is 0.0714. The first-order chi connectivity index (χ1) is 17.0. The van der Waals surface area contributed by atoms with Crippen molar-refractivity contribution >= 4 is 57.0 Å². The number of ether oxygens (including phenoxy) is 2. The van der Waals surface area contributed by atoms with Gasteiger partial charge in [0.05, 0.1) is 17.7 Å². The van der Waals surface area contributed by atoms with Gasteiger partial charge in [0.1, 0.15) is 6.61 Å². The maximum Gasteiger partial charge on any atom is 0.298 e. The third-order valence-corrected chi connectivity index (χ3v) is 6.69. The Kier molecular flexibility index (Phi) is 6.49. The van der Waals surface area contributed by atoms with Crippen LogP contribution in [0.25, 0.3) is 16.8 Å². The molecule has 0 spiro atoms. The smallest absolute Gasteiger partial charge is 0.298 e. The van der Waals surface area contributed by atoms with Gasteiger partial charge >= 0.3 is 0 Å². The van der Waals surface area contributed by atoms with Gasteiger partial charge in [-0.1, -0.05) is 54.1 Å².